The zero-order valence-electron chi connectivity index (χ0n) is 9.95. The van der Waals surface area contributed by atoms with Crippen LogP contribution in [0.2, 0.25) is 0 Å². The predicted octanol–water partition coefficient (Wildman–Crippen LogP) is -1.45. The molecule has 6 nitrogen and oxygen atoms in total. The highest BCUT2D eigenvalue weighted by molar-refractivity contribution is 5.88. The van der Waals surface area contributed by atoms with E-state index in [1.54, 1.807) is 14.0 Å². The van der Waals surface area contributed by atoms with Crippen LogP contribution in [0.3, 0.4) is 0 Å². The van der Waals surface area contributed by atoms with Crippen molar-refractivity contribution in [1.29, 1.82) is 0 Å². The van der Waals surface area contributed by atoms with Crippen molar-refractivity contribution in [3.63, 3.8) is 0 Å². The van der Waals surface area contributed by atoms with Gasteiger partial charge < -0.3 is 20.7 Å². The number of nitrogens with zero attached hydrogens (tertiary/aromatic N) is 1. The first kappa shape index (κ1) is 12.9. The highest BCUT2D eigenvalue weighted by atomic mass is 16.5. The maximum absolute atomic E-state index is 12.1. The van der Waals surface area contributed by atoms with Gasteiger partial charge in [0.15, 0.2) is 0 Å². The largest absolute Gasteiger partial charge is 0.379 e. The van der Waals surface area contributed by atoms with E-state index >= 15 is 0 Å². The Bertz CT molecular complexity index is 295. The van der Waals surface area contributed by atoms with Crippen LogP contribution >= 0.6 is 0 Å². The zero-order chi connectivity index (χ0) is 12.3. The molecular formula is C10H19N3O3. The van der Waals surface area contributed by atoms with Crippen LogP contribution in [0, 0.1) is 5.41 Å². The third kappa shape index (κ3) is 2.33. The monoisotopic (exact) mass is 229 g/mol. The quantitative estimate of drug-likeness (QED) is 0.620. The molecule has 3 N–H and O–H groups in total. The van der Waals surface area contributed by atoms with Crippen molar-refractivity contribution < 1.29 is 14.3 Å². The number of carbonyl (C=O) groups is 2. The first-order valence-electron chi connectivity index (χ1n) is 5.21. The van der Waals surface area contributed by atoms with Gasteiger partial charge in [0.2, 0.25) is 11.8 Å². The lowest BCUT2D eigenvalue weighted by atomic mass is 9.84. The summed E-state index contributed by atoms with van der Waals surface area (Å²) in [6.07, 6.45) is 0. The fourth-order valence-electron chi connectivity index (χ4n) is 1.71. The molecule has 6 heteroatoms. The van der Waals surface area contributed by atoms with Gasteiger partial charge in [-0.05, 0) is 6.92 Å². The molecule has 1 rings (SSSR count). The summed E-state index contributed by atoms with van der Waals surface area (Å²) in [6, 6.07) is -0.313. The number of hydrogen-bond acceptors (Lipinski definition) is 4. The van der Waals surface area contributed by atoms with Crippen LogP contribution in [0.4, 0.5) is 0 Å². The second kappa shape index (κ2) is 4.80. The molecule has 2 amide bonds. The number of likely N-dealkylation sites (N-methyl/N-ethyl adjacent to an activating group) is 2. The number of rotatable bonds is 3. The lowest BCUT2D eigenvalue weighted by molar-refractivity contribution is -0.143. The Morgan fingerprint density at radius 1 is 1.62 bits per heavy atom. The Kier molecular flexibility index (Phi) is 3.88. The molecule has 2 unspecified atom stereocenters. The van der Waals surface area contributed by atoms with E-state index in [4.69, 9.17) is 10.5 Å². The lowest BCUT2D eigenvalue weighted by Crippen LogP contribution is -2.52. The van der Waals surface area contributed by atoms with Gasteiger partial charge in [0, 0.05) is 20.1 Å². The van der Waals surface area contributed by atoms with Gasteiger partial charge in [-0.2, -0.15) is 0 Å². The normalized spacial score (nSPS) is 28.9. The molecule has 0 aromatic carbocycles. The van der Waals surface area contributed by atoms with Crippen molar-refractivity contribution in [2.24, 2.45) is 11.1 Å². The minimum Gasteiger partial charge on any atom is -0.379 e. The van der Waals surface area contributed by atoms with Crippen molar-refractivity contribution in [2.75, 3.05) is 33.9 Å². The summed E-state index contributed by atoms with van der Waals surface area (Å²) in [6.45, 7) is 2.51. The molecule has 92 valence electrons. The van der Waals surface area contributed by atoms with Crippen molar-refractivity contribution in [3.8, 4) is 0 Å². The minimum absolute atomic E-state index is 0.0393. The summed E-state index contributed by atoms with van der Waals surface area (Å²) in [7, 11) is 3.13. The Labute approximate surface area is 95.1 Å². The van der Waals surface area contributed by atoms with Crippen molar-refractivity contribution in [1.82, 2.24) is 10.2 Å². The van der Waals surface area contributed by atoms with E-state index < -0.39 is 5.41 Å². The fraction of sp³-hybridized carbons (Fsp3) is 0.800. The molecule has 1 aliphatic rings. The lowest BCUT2D eigenvalue weighted by Gasteiger charge is -2.30. The molecule has 1 saturated heterocycles. The summed E-state index contributed by atoms with van der Waals surface area (Å²) in [5, 5.41) is 2.47. The molecule has 16 heavy (non-hydrogen) atoms. The van der Waals surface area contributed by atoms with Crippen LogP contribution < -0.4 is 11.1 Å². The molecule has 1 aliphatic heterocycles. The summed E-state index contributed by atoms with van der Waals surface area (Å²) in [4.78, 5) is 24.7. The first-order valence-corrected chi connectivity index (χ1v) is 5.21. The summed E-state index contributed by atoms with van der Waals surface area (Å²) in [5.74, 6) is -0.354. The summed E-state index contributed by atoms with van der Waals surface area (Å²) in [5.41, 5.74) is 5.12. The predicted molar refractivity (Wildman–Crippen MR) is 58.6 cm³/mol. The number of amides is 2. The third-order valence-corrected chi connectivity index (χ3v) is 3.01. The molecule has 1 fully saturated rings. The SMILES string of the molecule is CNC(=O)CN(C)C(=O)C1(C)COCC1N. The molecule has 0 bridgehead atoms. The number of hydrogen-bond donors (Lipinski definition) is 2. The molecule has 0 spiro atoms. The van der Waals surface area contributed by atoms with E-state index in [1.807, 2.05) is 0 Å². The Hall–Kier alpha value is -1.14. The van der Waals surface area contributed by atoms with E-state index in [-0.39, 0.29) is 24.4 Å². The van der Waals surface area contributed by atoms with E-state index in [9.17, 15) is 9.59 Å². The third-order valence-electron chi connectivity index (χ3n) is 3.01. The average Bonchev–Trinajstić information content (AvgIpc) is 2.59. The highest BCUT2D eigenvalue weighted by Crippen LogP contribution is 2.28. The molecule has 0 radical (unpaired) electrons. The van der Waals surface area contributed by atoms with Crippen molar-refractivity contribution >= 4 is 11.8 Å². The number of nitrogens with two attached hydrogens (primary N) is 1. The van der Waals surface area contributed by atoms with Gasteiger partial charge in [-0.3, -0.25) is 9.59 Å². The zero-order valence-corrected chi connectivity index (χ0v) is 9.95. The standard InChI is InChI=1S/C10H19N3O3/c1-10(6-16-5-7(10)11)9(15)13(3)4-8(14)12-2/h7H,4-6,11H2,1-3H3,(H,12,14). The smallest absolute Gasteiger partial charge is 0.239 e. The number of nitrogens with one attached hydrogen (secondary N) is 1. The van der Waals surface area contributed by atoms with E-state index in [1.165, 1.54) is 11.9 Å². The second-order valence-corrected chi connectivity index (χ2v) is 4.37. The Morgan fingerprint density at radius 3 is 2.69 bits per heavy atom. The average molecular weight is 229 g/mol. The van der Waals surface area contributed by atoms with E-state index in [0.717, 1.165) is 0 Å². The van der Waals surface area contributed by atoms with Crippen molar-refractivity contribution in [3.05, 3.63) is 0 Å². The maximum Gasteiger partial charge on any atom is 0.239 e. The molecule has 1 heterocycles. The summed E-state index contributed by atoms with van der Waals surface area (Å²) >= 11 is 0. The van der Waals surface area contributed by atoms with Crippen molar-refractivity contribution in [2.45, 2.75) is 13.0 Å². The van der Waals surface area contributed by atoms with Gasteiger partial charge in [-0.1, -0.05) is 0 Å². The van der Waals surface area contributed by atoms with E-state index in [2.05, 4.69) is 5.32 Å². The number of carbonyl (C=O) groups excluding carboxylic acids is 2. The first-order chi connectivity index (χ1) is 7.41. The van der Waals surface area contributed by atoms with Gasteiger partial charge in [0.1, 0.15) is 0 Å². The molecule has 2 atom stereocenters. The maximum atomic E-state index is 12.1. The number of ether oxygens (including phenoxy) is 1. The molecule has 0 aliphatic carbocycles. The molecule has 0 aromatic rings. The Balaban J connectivity index is 2.66. The van der Waals surface area contributed by atoms with Crippen LogP contribution in [0.15, 0.2) is 0 Å². The van der Waals surface area contributed by atoms with Crippen LogP contribution in [-0.4, -0.2) is 56.6 Å². The van der Waals surface area contributed by atoms with E-state index in [0.29, 0.717) is 13.2 Å². The van der Waals surface area contributed by atoms with Gasteiger partial charge in [-0.15, -0.1) is 0 Å². The van der Waals surface area contributed by atoms with Gasteiger partial charge in [0.05, 0.1) is 25.2 Å². The van der Waals surface area contributed by atoms with Gasteiger partial charge >= 0.3 is 0 Å². The molecular weight excluding hydrogens is 210 g/mol. The van der Waals surface area contributed by atoms with Gasteiger partial charge in [-0.25, -0.2) is 0 Å². The molecule has 0 saturated carbocycles. The highest BCUT2D eigenvalue weighted by Gasteiger charge is 2.45. The molecule has 0 aromatic heterocycles. The minimum atomic E-state index is -0.719. The fourth-order valence-corrected chi connectivity index (χ4v) is 1.71. The van der Waals surface area contributed by atoms with Crippen LogP contribution in [-0.2, 0) is 14.3 Å². The topological polar surface area (TPSA) is 84.7 Å². The van der Waals surface area contributed by atoms with Crippen LogP contribution in [0.1, 0.15) is 6.92 Å². The summed E-state index contributed by atoms with van der Waals surface area (Å²) < 4.78 is 5.20. The van der Waals surface area contributed by atoms with Gasteiger partial charge in [0.25, 0.3) is 0 Å². The van der Waals surface area contributed by atoms with Crippen LogP contribution in [0.25, 0.3) is 0 Å². The van der Waals surface area contributed by atoms with Crippen LogP contribution in [0.5, 0.6) is 0 Å². The Morgan fingerprint density at radius 2 is 2.25 bits per heavy atom. The second-order valence-electron chi connectivity index (χ2n) is 4.37.